The number of methoxy groups -OCH3 is 1. The van der Waals surface area contributed by atoms with Crippen LogP contribution in [0.1, 0.15) is 11.1 Å². The molecule has 34 heavy (non-hydrogen) atoms. The van der Waals surface area contributed by atoms with E-state index in [0.717, 1.165) is 4.90 Å². The zero-order valence-corrected chi connectivity index (χ0v) is 18.6. The van der Waals surface area contributed by atoms with E-state index in [9.17, 15) is 18.8 Å². The minimum absolute atomic E-state index is 0.0212. The highest BCUT2D eigenvalue weighted by molar-refractivity contribution is 6.39. The summed E-state index contributed by atoms with van der Waals surface area (Å²) in [5.74, 6) is -1.14. The van der Waals surface area contributed by atoms with Crippen molar-refractivity contribution in [2.45, 2.75) is 6.61 Å². The van der Waals surface area contributed by atoms with E-state index in [0.29, 0.717) is 22.6 Å². The second kappa shape index (κ2) is 9.76. The third kappa shape index (κ3) is 4.77. The van der Waals surface area contributed by atoms with E-state index in [1.54, 1.807) is 42.5 Å². The average molecular weight is 481 g/mol. The molecule has 172 valence electrons. The molecule has 0 atom stereocenters. The summed E-state index contributed by atoms with van der Waals surface area (Å²) in [5.41, 5.74) is 0.839. The maximum absolute atomic E-state index is 13.8. The molecule has 1 aliphatic rings. The summed E-state index contributed by atoms with van der Waals surface area (Å²) in [6, 6.07) is 16.2. The fraction of sp³-hybridized carbons (Fsp3) is 0.0800. The number of carbonyl (C=O) groups excluding carboxylic acids is 3. The van der Waals surface area contributed by atoms with Gasteiger partial charge in [0.05, 0.1) is 17.8 Å². The van der Waals surface area contributed by atoms with Gasteiger partial charge < -0.3 is 9.47 Å². The summed E-state index contributed by atoms with van der Waals surface area (Å²) in [4.78, 5) is 38.6. The molecule has 1 fully saturated rings. The van der Waals surface area contributed by atoms with Gasteiger partial charge >= 0.3 is 6.03 Å². The largest absolute Gasteiger partial charge is 0.497 e. The number of anilines is 1. The second-order valence-corrected chi connectivity index (χ2v) is 7.63. The number of nitrogens with one attached hydrogen (secondary N) is 1. The molecule has 3 aromatic rings. The number of carbonyl (C=O) groups is 3. The Balaban J connectivity index is 1.56. The van der Waals surface area contributed by atoms with Crippen molar-refractivity contribution in [2.75, 3.05) is 12.0 Å². The minimum atomic E-state index is -0.854. The van der Waals surface area contributed by atoms with Crippen molar-refractivity contribution in [3.05, 3.63) is 94.3 Å². The fourth-order valence-corrected chi connectivity index (χ4v) is 3.53. The van der Waals surface area contributed by atoms with Crippen LogP contribution >= 0.6 is 11.6 Å². The number of ether oxygens (including phenoxy) is 2. The van der Waals surface area contributed by atoms with Crippen LogP contribution in [0, 0.1) is 5.82 Å². The SMILES string of the molecule is COc1ccc(N2C(=O)NC(=O)/C(=C\c3ccc(OCc4ccccc4F)c(Cl)c3)C2=O)cc1. The van der Waals surface area contributed by atoms with Crippen LogP contribution < -0.4 is 19.7 Å². The Hall–Kier alpha value is -4.17. The summed E-state index contributed by atoms with van der Waals surface area (Å²) in [6.07, 6.45) is 1.33. The first-order chi connectivity index (χ1) is 16.4. The molecule has 9 heteroatoms. The third-order valence-electron chi connectivity index (χ3n) is 5.04. The molecule has 0 aliphatic carbocycles. The molecule has 0 bridgehead atoms. The van der Waals surface area contributed by atoms with Crippen LogP contribution in [0.4, 0.5) is 14.9 Å². The van der Waals surface area contributed by atoms with Crippen LogP contribution in [0.3, 0.4) is 0 Å². The van der Waals surface area contributed by atoms with Crippen molar-refractivity contribution in [2.24, 2.45) is 0 Å². The predicted octanol–water partition coefficient (Wildman–Crippen LogP) is 4.73. The zero-order chi connectivity index (χ0) is 24.2. The molecule has 1 N–H and O–H groups in total. The number of hydrogen-bond donors (Lipinski definition) is 1. The normalized spacial score (nSPS) is 14.9. The lowest BCUT2D eigenvalue weighted by molar-refractivity contribution is -0.122. The monoisotopic (exact) mass is 480 g/mol. The van der Waals surface area contributed by atoms with Crippen molar-refractivity contribution in [3.8, 4) is 11.5 Å². The van der Waals surface area contributed by atoms with Gasteiger partial charge in [-0.1, -0.05) is 35.9 Å². The van der Waals surface area contributed by atoms with Gasteiger partial charge in [-0.3, -0.25) is 14.9 Å². The van der Waals surface area contributed by atoms with E-state index in [1.165, 1.54) is 37.5 Å². The van der Waals surface area contributed by atoms with Gasteiger partial charge in [0.25, 0.3) is 11.8 Å². The van der Waals surface area contributed by atoms with E-state index in [4.69, 9.17) is 21.1 Å². The fourth-order valence-electron chi connectivity index (χ4n) is 3.28. The second-order valence-electron chi connectivity index (χ2n) is 7.23. The van der Waals surface area contributed by atoms with Crippen molar-refractivity contribution in [3.63, 3.8) is 0 Å². The van der Waals surface area contributed by atoms with Gasteiger partial charge in [0, 0.05) is 5.56 Å². The summed E-state index contributed by atoms with van der Waals surface area (Å²) in [7, 11) is 1.49. The van der Waals surface area contributed by atoms with Gasteiger partial charge in [0.2, 0.25) is 0 Å². The van der Waals surface area contributed by atoms with Crippen molar-refractivity contribution in [1.82, 2.24) is 5.32 Å². The molecule has 3 aromatic carbocycles. The van der Waals surface area contributed by atoms with Gasteiger partial charge in [0.1, 0.15) is 29.5 Å². The highest BCUT2D eigenvalue weighted by atomic mass is 35.5. The Labute approximate surface area is 199 Å². The summed E-state index contributed by atoms with van der Waals surface area (Å²) in [6.45, 7) is -0.0212. The number of urea groups is 1. The van der Waals surface area contributed by atoms with Gasteiger partial charge in [-0.15, -0.1) is 0 Å². The maximum atomic E-state index is 13.8. The smallest absolute Gasteiger partial charge is 0.335 e. The Morgan fingerprint density at radius 1 is 1.03 bits per heavy atom. The van der Waals surface area contributed by atoms with E-state index in [2.05, 4.69) is 5.32 Å². The molecule has 1 aliphatic heterocycles. The topological polar surface area (TPSA) is 84.9 Å². The first-order valence-electron chi connectivity index (χ1n) is 10.1. The van der Waals surface area contributed by atoms with Gasteiger partial charge in [-0.2, -0.15) is 0 Å². The highest BCUT2D eigenvalue weighted by Crippen LogP contribution is 2.29. The number of nitrogens with zero attached hydrogens (tertiary/aromatic N) is 1. The number of barbiturate groups is 1. The van der Waals surface area contributed by atoms with Crippen LogP contribution in [0.25, 0.3) is 6.08 Å². The van der Waals surface area contributed by atoms with Gasteiger partial charge in [-0.25, -0.2) is 14.1 Å². The molecule has 1 saturated heterocycles. The van der Waals surface area contributed by atoms with Gasteiger partial charge in [0.15, 0.2) is 0 Å². The first-order valence-corrected chi connectivity index (χ1v) is 10.5. The number of halogens is 2. The molecule has 4 rings (SSSR count). The van der Waals surface area contributed by atoms with Crippen LogP contribution in [-0.2, 0) is 16.2 Å². The average Bonchev–Trinajstić information content (AvgIpc) is 2.82. The van der Waals surface area contributed by atoms with Crippen LogP contribution in [0.2, 0.25) is 5.02 Å². The van der Waals surface area contributed by atoms with E-state index < -0.39 is 23.7 Å². The van der Waals surface area contributed by atoms with Crippen LogP contribution in [-0.4, -0.2) is 25.0 Å². The molecule has 0 saturated carbocycles. The highest BCUT2D eigenvalue weighted by Gasteiger charge is 2.36. The van der Waals surface area contributed by atoms with E-state index in [-0.39, 0.29) is 22.9 Å². The molecule has 1 heterocycles. The Bertz CT molecular complexity index is 1310. The Kier molecular flexibility index (Phi) is 6.60. The number of hydrogen-bond acceptors (Lipinski definition) is 5. The molecule has 0 spiro atoms. The number of amides is 4. The predicted molar refractivity (Wildman–Crippen MR) is 124 cm³/mol. The van der Waals surface area contributed by atoms with Crippen LogP contribution in [0.15, 0.2) is 72.3 Å². The molecule has 0 radical (unpaired) electrons. The maximum Gasteiger partial charge on any atom is 0.335 e. The third-order valence-corrected chi connectivity index (χ3v) is 5.34. The summed E-state index contributed by atoms with van der Waals surface area (Å²) >= 11 is 6.29. The molecule has 7 nitrogen and oxygen atoms in total. The molecular formula is C25H18ClFN2O5. The van der Waals surface area contributed by atoms with E-state index in [1.807, 2.05) is 0 Å². The Morgan fingerprint density at radius 3 is 2.44 bits per heavy atom. The Morgan fingerprint density at radius 2 is 1.76 bits per heavy atom. The lowest BCUT2D eigenvalue weighted by atomic mass is 10.1. The van der Waals surface area contributed by atoms with Crippen molar-refractivity contribution >= 4 is 41.2 Å². The number of rotatable bonds is 6. The van der Waals surface area contributed by atoms with Crippen molar-refractivity contribution < 1.29 is 28.2 Å². The van der Waals surface area contributed by atoms with E-state index >= 15 is 0 Å². The molecule has 0 aromatic heterocycles. The van der Waals surface area contributed by atoms with Gasteiger partial charge in [-0.05, 0) is 54.1 Å². The van der Waals surface area contributed by atoms with Crippen molar-refractivity contribution in [1.29, 1.82) is 0 Å². The minimum Gasteiger partial charge on any atom is -0.497 e. The molecule has 4 amide bonds. The summed E-state index contributed by atoms with van der Waals surface area (Å²) < 4.78 is 24.5. The summed E-state index contributed by atoms with van der Waals surface area (Å²) in [5, 5.41) is 2.37. The zero-order valence-electron chi connectivity index (χ0n) is 17.9. The lowest BCUT2D eigenvalue weighted by Crippen LogP contribution is -2.54. The quantitative estimate of drug-likeness (QED) is 0.407. The van der Waals surface area contributed by atoms with Crippen LogP contribution in [0.5, 0.6) is 11.5 Å². The molecular weight excluding hydrogens is 463 g/mol. The standard InChI is InChI=1S/C25H18ClFN2O5/c1-33-18-9-7-17(8-10-18)29-24(31)19(23(30)28-25(29)32)12-15-6-11-22(20(26)13-15)34-14-16-4-2-3-5-21(16)27/h2-13H,14H2,1H3,(H,28,30,32)/b19-12+. The first kappa shape index (κ1) is 23.0. The lowest BCUT2D eigenvalue weighted by Gasteiger charge is -2.26. The molecule has 0 unspecified atom stereocenters. The number of benzene rings is 3. The number of imide groups is 2.